The Hall–Kier alpha value is -0.630. The minimum atomic E-state index is 0. The number of benzene rings is 1. The van der Waals surface area contributed by atoms with E-state index in [0.29, 0.717) is 0 Å². The molecule has 0 saturated carbocycles. The molecule has 0 aliphatic carbocycles. The highest BCUT2D eigenvalue weighted by molar-refractivity contribution is 14.0. The van der Waals surface area contributed by atoms with Crippen molar-refractivity contribution in [1.29, 1.82) is 0 Å². The normalized spacial score (nSPS) is 10.8. The van der Waals surface area contributed by atoms with Gasteiger partial charge in [0.15, 0.2) is 5.96 Å². The third kappa shape index (κ3) is 7.26. The van der Waals surface area contributed by atoms with E-state index in [2.05, 4.69) is 34.5 Å². The summed E-state index contributed by atoms with van der Waals surface area (Å²) in [5, 5.41) is 3.32. The summed E-state index contributed by atoms with van der Waals surface area (Å²) in [6.07, 6.45) is 2.10. The summed E-state index contributed by atoms with van der Waals surface area (Å²) in [4.78, 5) is 6.75. The van der Waals surface area contributed by atoms with Gasteiger partial charge in [-0.05, 0) is 19.2 Å². The van der Waals surface area contributed by atoms with Crippen LogP contribution in [0.4, 0.5) is 0 Å². The van der Waals surface area contributed by atoms with Crippen LogP contribution >= 0.6 is 35.7 Å². The van der Waals surface area contributed by atoms with Crippen molar-refractivity contribution >= 4 is 41.7 Å². The molecule has 1 N–H and O–H groups in total. The molecule has 0 saturated heterocycles. The van der Waals surface area contributed by atoms with E-state index < -0.39 is 0 Å². The van der Waals surface area contributed by atoms with Crippen molar-refractivity contribution in [2.24, 2.45) is 4.99 Å². The molecule has 0 radical (unpaired) electrons. The Morgan fingerprint density at radius 2 is 2.10 bits per heavy atom. The van der Waals surface area contributed by atoms with Gasteiger partial charge in [-0.2, -0.15) is 11.8 Å². The lowest BCUT2D eigenvalue weighted by atomic mass is 10.2. The minimum absolute atomic E-state index is 0. The molecule has 0 fully saturated rings. The molecule has 1 aromatic rings. The number of aliphatic imine (C=N–C) groups is 1. The summed E-state index contributed by atoms with van der Waals surface area (Å²) in [5.41, 5.74) is 1.16. The van der Waals surface area contributed by atoms with Crippen molar-refractivity contribution in [3.05, 3.63) is 29.8 Å². The average Bonchev–Trinajstić information content (AvgIpc) is 2.47. The van der Waals surface area contributed by atoms with Crippen molar-refractivity contribution < 1.29 is 4.74 Å². The van der Waals surface area contributed by atoms with E-state index in [1.54, 1.807) is 7.11 Å². The predicted molar refractivity (Wildman–Crippen MR) is 104 cm³/mol. The molecule has 0 aliphatic rings. The number of guanidine groups is 1. The Labute approximate surface area is 149 Å². The SMILES string of the molecule is CCNC(=NCCSC)N(C)Cc1ccccc1OC.I. The summed E-state index contributed by atoms with van der Waals surface area (Å²) in [7, 11) is 3.75. The molecular weight excluding hydrogens is 397 g/mol. The second kappa shape index (κ2) is 12.0. The maximum absolute atomic E-state index is 5.39. The summed E-state index contributed by atoms with van der Waals surface area (Å²) in [5.74, 6) is 2.89. The molecule has 0 unspecified atom stereocenters. The number of halogens is 1. The maximum atomic E-state index is 5.39. The zero-order valence-electron chi connectivity index (χ0n) is 13.3. The van der Waals surface area contributed by atoms with Crippen LogP contribution in [0.15, 0.2) is 29.3 Å². The predicted octanol–water partition coefficient (Wildman–Crippen LogP) is 3.07. The van der Waals surface area contributed by atoms with E-state index in [4.69, 9.17) is 4.74 Å². The van der Waals surface area contributed by atoms with E-state index >= 15 is 0 Å². The number of ether oxygens (including phenoxy) is 1. The van der Waals surface area contributed by atoms with Crippen LogP contribution in [0.3, 0.4) is 0 Å². The molecule has 1 aromatic carbocycles. The van der Waals surface area contributed by atoms with Crippen molar-refractivity contribution in [3.8, 4) is 5.75 Å². The number of methoxy groups -OCH3 is 1. The van der Waals surface area contributed by atoms with Crippen molar-refractivity contribution in [3.63, 3.8) is 0 Å². The van der Waals surface area contributed by atoms with Gasteiger partial charge in [-0.15, -0.1) is 24.0 Å². The number of hydrogen-bond donors (Lipinski definition) is 1. The highest BCUT2D eigenvalue weighted by Gasteiger charge is 2.09. The average molecular weight is 423 g/mol. The van der Waals surface area contributed by atoms with E-state index in [0.717, 1.165) is 42.7 Å². The first kappa shape index (κ1) is 20.4. The molecule has 0 amide bonds. The van der Waals surface area contributed by atoms with Crippen molar-refractivity contribution in [2.75, 3.05) is 39.3 Å². The molecule has 0 bridgehead atoms. The number of hydrogen-bond acceptors (Lipinski definition) is 3. The van der Waals surface area contributed by atoms with Crippen LogP contribution in [-0.4, -0.2) is 50.1 Å². The quantitative estimate of drug-likeness (QED) is 0.317. The van der Waals surface area contributed by atoms with E-state index in [1.807, 2.05) is 37.0 Å². The molecule has 0 aliphatic heterocycles. The smallest absolute Gasteiger partial charge is 0.193 e. The topological polar surface area (TPSA) is 36.9 Å². The van der Waals surface area contributed by atoms with Gasteiger partial charge in [0.25, 0.3) is 0 Å². The van der Waals surface area contributed by atoms with Crippen LogP contribution in [0.25, 0.3) is 0 Å². The molecule has 0 atom stereocenters. The first-order chi connectivity index (χ1) is 9.72. The zero-order valence-corrected chi connectivity index (χ0v) is 16.4. The molecule has 0 heterocycles. The number of nitrogens with one attached hydrogen (secondary N) is 1. The van der Waals surface area contributed by atoms with Gasteiger partial charge < -0.3 is 15.0 Å². The third-order valence-electron chi connectivity index (χ3n) is 2.85. The first-order valence-electron chi connectivity index (χ1n) is 6.83. The summed E-state index contributed by atoms with van der Waals surface area (Å²) < 4.78 is 5.39. The van der Waals surface area contributed by atoms with Crippen LogP contribution in [0.5, 0.6) is 5.75 Å². The molecule has 1 rings (SSSR count). The Morgan fingerprint density at radius 3 is 2.71 bits per heavy atom. The highest BCUT2D eigenvalue weighted by atomic mass is 127. The molecular formula is C15H26IN3OS. The van der Waals surface area contributed by atoms with Crippen molar-refractivity contribution in [2.45, 2.75) is 13.5 Å². The Morgan fingerprint density at radius 1 is 1.38 bits per heavy atom. The monoisotopic (exact) mass is 423 g/mol. The first-order valence-corrected chi connectivity index (χ1v) is 8.22. The number of para-hydroxylation sites is 1. The molecule has 0 spiro atoms. The van der Waals surface area contributed by atoms with Gasteiger partial charge >= 0.3 is 0 Å². The lowest BCUT2D eigenvalue weighted by Gasteiger charge is -2.23. The Kier molecular flexibility index (Phi) is 11.6. The van der Waals surface area contributed by atoms with Crippen LogP contribution in [0.2, 0.25) is 0 Å². The second-order valence-corrected chi connectivity index (χ2v) is 5.38. The van der Waals surface area contributed by atoms with Gasteiger partial charge in [-0.3, -0.25) is 4.99 Å². The van der Waals surface area contributed by atoms with Crippen LogP contribution in [0, 0.1) is 0 Å². The molecule has 120 valence electrons. The van der Waals surface area contributed by atoms with Gasteiger partial charge in [0.2, 0.25) is 0 Å². The zero-order chi connectivity index (χ0) is 14.8. The highest BCUT2D eigenvalue weighted by Crippen LogP contribution is 2.18. The molecule has 21 heavy (non-hydrogen) atoms. The second-order valence-electron chi connectivity index (χ2n) is 4.40. The summed E-state index contributed by atoms with van der Waals surface area (Å²) in [6, 6.07) is 8.09. The van der Waals surface area contributed by atoms with Crippen molar-refractivity contribution in [1.82, 2.24) is 10.2 Å². The number of thioether (sulfide) groups is 1. The fourth-order valence-corrected chi connectivity index (χ4v) is 2.15. The van der Waals surface area contributed by atoms with Gasteiger partial charge in [-0.1, -0.05) is 18.2 Å². The van der Waals surface area contributed by atoms with Gasteiger partial charge in [-0.25, -0.2) is 0 Å². The van der Waals surface area contributed by atoms with E-state index in [-0.39, 0.29) is 24.0 Å². The van der Waals surface area contributed by atoms with Gasteiger partial charge in [0.05, 0.1) is 13.7 Å². The van der Waals surface area contributed by atoms with Gasteiger partial charge in [0.1, 0.15) is 5.75 Å². The summed E-state index contributed by atoms with van der Waals surface area (Å²) in [6.45, 7) is 4.56. The Bertz CT molecular complexity index is 429. The number of rotatable bonds is 7. The fourth-order valence-electron chi connectivity index (χ4n) is 1.88. The van der Waals surface area contributed by atoms with E-state index in [9.17, 15) is 0 Å². The molecule has 4 nitrogen and oxygen atoms in total. The standard InChI is InChI=1S/C15H25N3OS.HI/c1-5-16-15(17-10-11-20-4)18(2)12-13-8-6-7-9-14(13)19-3;/h6-9H,5,10-12H2,1-4H3,(H,16,17);1H. The third-order valence-corrected chi connectivity index (χ3v) is 3.44. The molecule has 6 heteroatoms. The Balaban J connectivity index is 0.00000400. The van der Waals surface area contributed by atoms with Crippen LogP contribution in [-0.2, 0) is 6.54 Å². The lowest BCUT2D eigenvalue weighted by Crippen LogP contribution is -2.38. The largest absolute Gasteiger partial charge is 0.496 e. The van der Waals surface area contributed by atoms with Crippen LogP contribution in [0.1, 0.15) is 12.5 Å². The molecule has 0 aromatic heterocycles. The minimum Gasteiger partial charge on any atom is -0.496 e. The fraction of sp³-hybridized carbons (Fsp3) is 0.533. The van der Waals surface area contributed by atoms with Crippen LogP contribution < -0.4 is 10.1 Å². The maximum Gasteiger partial charge on any atom is 0.193 e. The summed E-state index contributed by atoms with van der Waals surface area (Å²) >= 11 is 1.81. The number of nitrogens with zero attached hydrogens (tertiary/aromatic N) is 2. The van der Waals surface area contributed by atoms with Gasteiger partial charge in [0, 0.05) is 31.5 Å². The van der Waals surface area contributed by atoms with E-state index in [1.165, 1.54) is 0 Å². The lowest BCUT2D eigenvalue weighted by molar-refractivity contribution is 0.396.